The van der Waals surface area contributed by atoms with Crippen LogP contribution < -0.4 is 0 Å². The standard InChI is InChI=1S/C16H20F2O2/c17-12-3-4-13(14(18)9-12)15(19)11-5-8-20-16(10-11)6-1-2-7-16/h3-4,9,11,15,19H,1-2,5-8,10H2. The molecule has 1 aromatic carbocycles. The molecule has 1 saturated heterocycles. The zero-order chi connectivity index (χ0) is 14.2. The fourth-order valence-electron chi connectivity index (χ4n) is 3.70. The molecule has 1 aliphatic carbocycles. The lowest BCUT2D eigenvalue weighted by Gasteiger charge is -2.40. The van der Waals surface area contributed by atoms with Crippen LogP contribution in [0.25, 0.3) is 0 Å². The van der Waals surface area contributed by atoms with E-state index in [0.29, 0.717) is 6.61 Å². The van der Waals surface area contributed by atoms with Gasteiger partial charge in [-0.2, -0.15) is 0 Å². The summed E-state index contributed by atoms with van der Waals surface area (Å²) >= 11 is 0. The predicted octanol–water partition coefficient (Wildman–Crippen LogP) is 3.74. The minimum absolute atomic E-state index is 0.0122. The molecule has 1 heterocycles. The Morgan fingerprint density at radius 3 is 2.70 bits per heavy atom. The Hall–Kier alpha value is -1.00. The Kier molecular flexibility index (Phi) is 3.78. The van der Waals surface area contributed by atoms with Crippen molar-refractivity contribution in [1.29, 1.82) is 0 Å². The number of ether oxygens (including phenoxy) is 1. The van der Waals surface area contributed by atoms with Crippen molar-refractivity contribution in [1.82, 2.24) is 0 Å². The van der Waals surface area contributed by atoms with Gasteiger partial charge in [0.1, 0.15) is 11.6 Å². The molecule has 2 fully saturated rings. The van der Waals surface area contributed by atoms with Gasteiger partial charge < -0.3 is 9.84 Å². The highest BCUT2D eigenvalue weighted by Crippen LogP contribution is 2.45. The van der Waals surface area contributed by atoms with Crippen LogP contribution in [-0.4, -0.2) is 17.3 Å². The third-order valence-corrected chi connectivity index (χ3v) is 4.77. The third-order valence-electron chi connectivity index (χ3n) is 4.77. The van der Waals surface area contributed by atoms with Gasteiger partial charge in [0.2, 0.25) is 0 Å². The van der Waals surface area contributed by atoms with Gasteiger partial charge in [-0.25, -0.2) is 8.78 Å². The van der Waals surface area contributed by atoms with E-state index >= 15 is 0 Å². The van der Waals surface area contributed by atoms with Crippen molar-refractivity contribution in [2.24, 2.45) is 5.92 Å². The Balaban J connectivity index is 1.77. The molecule has 0 aromatic heterocycles. The lowest BCUT2D eigenvalue weighted by Crippen LogP contribution is -2.39. The zero-order valence-corrected chi connectivity index (χ0v) is 11.4. The third kappa shape index (κ3) is 2.59. The van der Waals surface area contributed by atoms with E-state index in [0.717, 1.165) is 44.6 Å². The highest BCUT2D eigenvalue weighted by atomic mass is 19.1. The molecule has 1 aromatic rings. The van der Waals surface area contributed by atoms with Crippen LogP contribution in [0.5, 0.6) is 0 Å². The van der Waals surface area contributed by atoms with Gasteiger partial charge in [0.15, 0.2) is 0 Å². The molecule has 2 atom stereocenters. The number of halogens is 2. The highest BCUT2D eigenvalue weighted by molar-refractivity contribution is 5.21. The van der Waals surface area contributed by atoms with Gasteiger partial charge in [0, 0.05) is 18.2 Å². The second-order valence-electron chi connectivity index (χ2n) is 6.10. The van der Waals surface area contributed by atoms with Gasteiger partial charge >= 0.3 is 0 Å². The topological polar surface area (TPSA) is 29.5 Å². The lowest BCUT2D eigenvalue weighted by molar-refractivity contribution is -0.113. The maximum absolute atomic E-state index is 13.8. The van der Waals surface area contributed by atoms with E-state index < -0.39 is 17.7 Å². The van der Waals surface area contributed by atoms with E-state index in [9.17, 15) is 13.9 Å². The van der Waals surface area contributed by atoms with Crippen molar-refractivity contribution in [2.45, 2.75) is 50.2 Å². The highest BCUT2D eigenvalue weighted by Gasteiger charge is 2.42. The summed E-state index contributed by atoms with van der Waals surface area (Å²) in [5.41, 5.74) is 0.0897. The Bertz CT molecular complexity index is 483. The monoisotopic (exact) mass is 282 g/mol. The molecule has 1 saturated carbocycles. The Labute approximate surface area is 117 Å². The largest absolute Gasteiger partial charge is 0.388 e. The molecule has 0 radical (unpaired) electrons. The summed E-state index contributed by atoms with van der Waals surface area (Å²) in [6, 6.07) is 3.39. The predicted molar refractivity (Wildman–Crippen MR) is 71.2 cm³/mol. The first kappa shape index (κ1) is 14.0. The molecule has 1 N–H and O–H groups in total. The second kappa shape index (κ2) is 5.41. The summed E-state index contributed by atoms with van der Waals surface area (Å²) in [4.78, 5) is 0. The first-order valence-electron chi connectivity index (χ1n) is 7.37. The van der Waals surface area contributed by atoms with Crippen molar-refractivity contribution >= 4 is 0 Å². The van der Waals surface area contributed by atoms with Crippen molar-refractivity contribution in [3.05, 3.63) is 35.4 Å². The van der Waals surface area contributed by atoms with Crippen LogP contribution in [0, 0.1) is 17.6 Å². The summed E-state index contributed by atoms with van der Waals surface area (Å²) in [7, 11) is 0. The first-order valence-corrected chi connectivity index (χ1v) is 7.37. The Morgan fingerprint density at radius 2 is 2.00 bits per heavy atom. The summed E-state index contributed by atoms with van der Waals surface area (Å²) in [5, 5.41) is 10.4. The summed E-state index contributed by atoms with van der Waals surface area (Å²) in [6.07, 6.45) is 4.99. The second-order valence-corrected chi connectivity index (χ2v) is 6.10. The van der Waals surface area contributed by atoms with Gasteiger partial charge in [-0.3, -0.25) is 0 Å². The first-order chi connectivity index (χ1) is 9.60. The number of aliphatic hydroxyl groups excluding tert-OH is 1. The SMILES string of the molecule is OC(c1ccc(F)cc1F)C1CCOC2(CCCC2)C1. The summed E-state index contributed by atoms with van der Waals surface area (Å²) < 4.78 is 32.7. The average Bonchev–Trinajstić information content (AvgIpc) is 2.86. The van der Waals surface area contributed by atoms with Crippen molar-refractivity contribution in [3.8, 4) is 0 Å². The molecular formula is C16H20F2O2. The van der Waals surface area contributed by atoms with E-state index in [2.05, 4.69) is 0 Å². The molecule has 2 unspecified atom stereocenters. The fraction of sp³-hybridized carbons (Fsp3) is 0.625. The van der Waals surface area contributed by atoms with Crippen LogP contribution in [0.1, 0.15) is 50.2 Å². The van der Waals surface area contributed by atoms with Crippen LogP contribution in [-0.2, 0) is 4.74 Å². The maximum atomic E-state index is 13.8. The van der Waals surface area contributed by atoms with E-state index in [1.54, 1.807) is 0 Å². The van der Waals surface area contributed by atoms with E-state index in [4.69, 9.17) is 4.74 Å². The van der Waals surface area contributed by atoms with Gasteiger partial charge in [0.25, 0.3) is 0 Å². The number of hydrogen-bond acceptors (Lipinski definition) is 2. The number of hydrogen-bond donors (Lipinski definition) is 1. The van der Waals surface area contributed by atoms with Crippen LogP contribution in [0.2, 0.25) is 0 Å². The molecule has 0 amide bonds. The van der Waals surface area contributed by atoms with Crippen LogP contribution in [0.4, 0.5) is 8.78 Å². The summed E-state index contributed by atoms with van der Waals surface area (Å²) in [6.45, 7) is 0.616. The minimum Gasteiger partial charge on any atom is -0.388 e. The molecule has 2 aliphatic rings. The summed E-state index contributed by atoms with van der Waals surface area (Å²) in [5.74, 6) is -1.29. The molecule has 0 bridgehead atoms. The minimum atomic E-state index is -0.878. The van der Waals surface area contributed by atoms with Crippen molar-refractivity contribution < 1.29 is 18.6 Å². The van der Waals surface area contributed by atoms with Gasteiger partial charge in [-0.15, -0.1) is 0 Å². The van der Waals surface area contributed by atoms with Crippen molar-refractivity contribution in [3.63, 3.8) is 0 Å². The van der Waals surface area contributed by atoms with Gasteiger partial charge in [-0.05, 0) is 37.7 Å². The number of rotatable bonds is 2. The van der Waals surface area contributed by atoms with Crippen LogP contribution in [0.15, 0.2) is 18.2 Å². The van der Waals surface area contributed by atoms with Crippen LogP contribution in [0.3, 0.4) is 0 Å². The maximum Gasteiger partial charge on any atom is 0.131 e. The van der Waals surface area contributed by atoms with Gasteiger partial charge in [0.05, 0.1) is 11.7 Å². The number of benzene rings is 1. The molecule has 1 aliphatic heterocycles. The van der Waals surface area contributed by atoms with E-state index in [-0.39, 0.29) is 17.1 Å². The molecule has 4 heteroatoms. The molecule has 1 spiro atoms. The molecule has 20 heavy (non-hydrogen) atoms. The normalized spacial score (nSPS) is 26.9. The molecule has 110 valence electrons. The zero-order valence-electron chi connectivity index (χ0n) is 11.4. The lowest BCUT2D eigenvalue weighted by atomic mass is 9.80. The molecular weight excluding hydrogens is 262 g/mol. The fourth-order valence-corrected chi connectivity index (χ4v) is 3.70. The van der Waals surface area contributed by atoms with Crippen LogP contribution >= 0.6 is 0 Å². The quantitative estimate of drug-likeness (QED) is 0.895. The van der Waals surface area contributed by atoms with Crippen molar-refractivity contribution in [2.75, 3.05) is 6.61 Å². The average molecular weight is 282 g/mol. The smallest absolute Gasteiger partial charge is 0.131 e. The van der Waals surface area contributed by atoms with E-state index in [1.807, 2.05) is 0 Å². The number of aliphatic hydroxyl groups is 1. The van der Waals surface area contributed by atoms with Gasteiger partial charge in [-0.1, -0.05) is 18.9 Å². The molecule has 3 rings (SSSR count). The molecule has 2 nitrogen and oxygen atoms in total. The Morgan fingerprint density at radius 1 is 1.25 bits per heavy atom. The van der Waals surface area contributed by atoms with E-state index in [1.165, 1.54) is 12.1 Å².